The van der Waals surface area contributed by atoms with Crippen molar-refractivity contribution in [2.45, 2.75) is 20.1 Å². The van der Waals surface area contributed by atoms with E-state index in [9.17, 15) is 0 Å². The van der Waals surface area contributed by atoms with Crippen LogP contribution in [0.3, 0.4) is 0 Å². The SMILES string of the molecule is CN=C(NCc1cccnc1OC)NCC(C)COCc1ccccc1. The van der Waals surface area contributed by atoms with E-state index >= 15 is 0 Å². The van der Waals surface area contributed by atoms with Crippen LogP contribution >= 0.6 is 0 Å². The minimum atomic E-state index is 0.366. The molecule has 1 unspecified atom stereocenters. The summed E-state index contributed by atoms with van der Waals surface area (Å²) in [4.78, 5) is 8.45. The highest BCUT2D eigenvalue weighted by molar-refractivity contribution is 5.79. The maximum Gasteiger partial charge on any atom is 0.218 e. The second kappa shape index (κ2) is 11.1. The lowest BCUT2D eigenvalue weighted by atomic mass is 10.2. The van der Waals surface area contributed by atoms with Crippen LogP contribution < -0.4 is 15.4 Å². The van der Waals surface area contributed by atoms with E-state index < -0.39 is 0 Å². The zero-order valence-electron chi connectivity index (χ0n) is 15.7. The van der Waals surface area contributed by atoms with Gasteiger partial charge in [0.15, 0.2) is 5.96 Å². The summed E-state index contributed by atoms with van der Waals surface area (Å²) >= 11 is 0. The third kappa shape index (κ3) is 6.72. The Hall–Kier alpha value is -2.60. The molecule has 6 heteroatoms. The molecule has 2 N–H and O–H groups in total. The maximum absolute atomic E-state index is 5.78. The Morgan fingerprint density at radius 3 is 2.69 bits per heavy atom. The summed E-state index contributed by atoms with van der Waals surface area (Å²) in [5.74, 6) is 1.73. The van der Waals surface area contributed by atoms with Gasteiger partial charge in [0, 0.05) is 31.9 Å². The van der Waals surface area contributed by atoms with Crippen molar-refractivity contribution in [1.29, 1.82) is 0 Å². The van der Waals surface area contributed by atoms with Crippen molar-refractivity contribution in [3.8, 4) is 5.88 Å². The second-order valence-electron chi connectivity index (χ2n) is 6.08. The van der Waals surface area contributed by atoms with Gasteiger partial charge in [0.25, 0.3) is 0 Å². The van der Waals surface area contributed by atoms with Gasteiger partial charge in [-0.2, -0.15) is 0 Å². The van der Waals surface area contributed by atoms with E-state index in [0.29, 0.717) is 31.6 Å². The molecule has 26 heavy (non-hydrogen) atoms. The van der Waals surface area contributed by atoms with E-state index in [4.69, 9.17) is 9.47 Å². The number of aliphatic imine (C=N–C) groups is 1. The number of hydrogen-bond acceptors (Lipinski definition) is 4. The number of pyridine rings is 1. The molecule has 6 nitrogen and oxygen atoms in total. The number of hydrogen-bond donors (Lipinski definition) is 2. The predicted octanol–water partition coefficient (Wildman–Crippen LogP) is 2.61. The highest BCUT2D eigenvalue weighted by Gasteiger charge is 2.07. The Morgan fingerprint density at radius 2 is 1.96 bits per heavy atom. The first-order chi connectivity index (χ1) is 12.7. The van der Waals surface area contributed by atoms with Gasteiger partial charge in [-0.3, -0.25) is 4.99 Å². The van der Waals surface area contributed by atoms with Gasteiger partial charge in [0.1, 0.15) is 0 Å². The summed E-state index contributed by atoms with van der Waals surface area (Å²) < 4.78 is 11.0. The molecule has 0 bridgehead atoms. The van der Waals surface area contributed by atoms with Gasteiger partial charge in [-0.25, -0.2) is 4.98 Å². The number of nitrogens with one attached hydrogen (secondary N) is 2. The summed E-state index contributed by atoms with van der Waals surface area (Å²) in [5.41, 5.74) is 2.17. The quantitative estimate of drug-likeness (QED) is 0.534. The molecule has 0 amide bonds. The Morgan fingerprint density at radius 1 is 1.15 bits per heavy atom. The number of methoxy groups -OCH3 is 1. The van der Waals surface area contributed by atoms with Gasteiger partial charge in [-0.1, -0.05) is 43.3 Å². The molecule has 0 spiro atoms. The Balaban J connectivity index is 1.69. The van der Waals surface area contributed by atoms with E-state index in [1.807, 2.05) is 30.3 Å². The fourth-order valence-electron chi connectivity index (χ4n) is 2.42. The van der Waals surface area contributed by atoms with Crippen molar-refractivity contribution in [3.05, 3.63) is 59.8 Å². The fourth-order valence-corrected chi connectivity index (χ4v) is 2.42. The van der Waals surface area contributed by atoms with Crippen molar-refractivity contribution in [2.75, 3.05) is 27.3 Å². The number of rotatable bonds is 9. The molecular formula is C20H28N4O2. The molecule has 1 atom stereocenters. The average molecular weight is 356 g/mol. The van der Waals surface area contributed by atoms with Crippen molar-refractivity contribution >= 4 is 5.96 Å². The lowest BCUT2D eigenvalue weighted by molar-refractivity contribution is 0.0931. The van der Waals surface area contributed by atoms with Crippen LogP contribution in [-0.4, -0.2) is 38.3 Å². The number of ether oxygens (including phenoxy) is 2. The summed E-state index contributed by atoms with van der Waals surface area (Å²) in [5, 5.41) is 6.60. The molecule has 2 rings (SSSR count). The molecule has 0 aliphatic rings. The number of benzene rings is 1. The van der Waals surface area contributed by atoms with E-state index in [2.05, 4.69) is 39.7 Å². The van der Waals surface area contributed by atoms with Gasteiger partial charge in [0.05, 0.1) is 20.3 Å². The molecule has 1 aromatic carbocycles. The average Bonchev–Trinajstić information content (AvgIpc) is 2.69. The van der Waals surface area contributed by atoms with Crippen LogP contribution in [0.1, 0.15) is 18.1 Å². The van der Waals surface area contributed by atoms with Crippen LogP contribution in [0.5, 0.6) is 5.88 Å². The number of guanidine groups is 1. The molecule has 140 valence electrons. The minimum absolute atomic E-state index is 0.366. The van der Waals surface area contributed by atoms with Crippen LogP contribution in [-0.2, 0) is 17.9 Å². The Labute approximate surface area is 155 Å². The largest absolute Gasteiger partial charge is 0.481 e. The van der Waals surface area contributed by atoms with Gasteiger partial charge < -0.3 is 20.1 Å². The van der Waals surface area contributed by atoms with Crippen molar-refractivity contribution in [1.82, 2.24) is 15.6 Å². The highest BCUT2D eigenvalue weighted by atomic mass is 16.5. The molecule has 2 aromatic rings. The van der Waals surface area contributed by atoms with Gasteiger partial charge in [-0.05, 0) is 17.5 Å². The first-order valence-electron chi connectivity index (χ1n) is 8.77. The lowest BCUT2D eigenvalue weighted by Gasteiger charge is -2.17. The third-order valence-electron chi connectivity index (χ3n) is 3.85. The summed E-state index contributed by atoms with van der Waals surface area (Å²) in [6, 6.07) is 14.1. The first-order valence-corrected chi connectivity index (χ1v) is 8.77. The standard InChI is InChI=1S/C20H28N4O2/c1-16(14-26-15-17-8-5-4-6-9-17)12-23-20(21-2)24-13-18-10-7-11-22-19(18)25-3/h4-11,16H,12-15H2,1-3H3,(H2,21,23,24). The number of nitrogens with zero attached hydrogens (tertiary/aromatic N) is 2. The van der Waals surface area contributed by atoms with E-state index in [1.54, 1.807) is 20.4 Å². The topological polar surface area (TPSA) is 67.8 Å². The summed E-state index contributed by atoms with van der Waals surface area (Å²) in [6.07, 6.45) is 1.71. The van der Waals surface area contributed by atoms with Crippen LogP contribution in [0.2, 0.25) is 0 Å². The fraction of sp³-hybridized carbons (Fsp3) is 0.400. The van der Waals surface area contributed by atoms with Crippen LogP contribution in [0.25, 0.3) is 0 Å². The molecule has 0 saturated heterocycles. The van der Waals surface area contributed by atoms with Crippen molar-refractivity contribution in [3.63, 3.8) is 0 Å². The summed E-state index contributed by atoms with van der Waals surface area (Å²) in [6.45, 7) is 4.85. The molecule has 1 heterocycles. The van der Waals surface area contributed by atoms with Gasteiger partial charge in [0.2, 0.25) is 5.88 Å². The molecule has 0 aliphatic carbocycles. The van der Waals surface area contributed by atoms with E-state index in [-0.39, 0.29) is 0 Å². The Kier molecular flexibility index (Phi) is 8.42. The Bertz CT molecular complexity index is 677. The molecular weight excluding hydrogens is 328 g/mol. The van der Waals surface area contributed by atoms with Crippen molar-refractivity contribution in [2.24, 2.45) is 10.9 Å². The smallest absolute Gasteiger partial charge is 0.218 e. The van der Waals surface area contributed by atoms with Crippen LogP contribution in [0, 0.1) is 5.92 Å². The third-order valence-corrected chi connectivity index (χ3v) is 3.85. The van der Waals surface area contributed by atoms with E-state index in [0.717, 1.165) is 18.1 Å². The van der Waals surface area contributed by atoms with E-state index in [1.165, 1.54) is 5.56 Å². The molecule has 0 radical (unpaired) electrons. The molecule has 1 aromatic heterocycles. The minimum Gasteiger partial charge on any atom is -0.481 e. The maximum atomic E-state index is 5.78. The van der Waals surface area contributed by atoms with Gasteiger partial charge in [-0.15, -0.1) is 0 Å². The van der Waals surface area contributed by atoms with Crippen molar-refractivity contribution < 1.29 is 9.47 Å². The van der Waals surface area contributed by atoms with Gasteiger partial charge >= 0.3 is 0 Å². The zero-order chi connectivity index (χ0) is 18.6. The normalized spacial score (nSPS) is 12.5. The highest BCUT2D eigenvalue weighted by Crippen LogP contribution is 2.12. The summed E-state index contributed by atoms with van der Waals surface area (Å²) in [7, 11) is 3.38. The second-order valence-corrected chi connectivity index (χ2v) is 6.08. The molecule has 0 aliphatic heterocycles. The molecule has 0 saturated carbocycles. The monoisotopic (exact) mass is 356 g/mol. The molecule has 0 fully saturated rings. The number of aromatic nitrogens is 1. The predicted molar refractivity (Wildman–Crippen MR) is 104 cm³/mol. The lowest BCUT2D eigenvalue weighted by Crippen LogP contribution is -2.39. The van der Waals surface area contributed by atoms with Crippen LogP contribution in [0.4, 0.5) is 0 Å². The van der Waals surface area contributed by atoms with Crippen LogP contribution in [0.15, 0.2) is 53.7 Å². The zero-order valence-corrected chi connectivity index (χ0v) is 15.7. The first kappa shape index (κ1) is 19.7.